The van der Waals surface area contributed by atoms with Gasteiger partial charge in [0.25, 0.3) is 0 Å². The van der Waals surface area contributed by atoms with E-state index >= 15 is 0 Å². The van der Waals surface area contributed by atoms with Crippen molar-refractivity contribution in [3.63, 3.8) is 0 Å². The molecule has 1 aromatic heterocycles. The molecule has 0 aromatic carbocycles. The molecule has 0 aliphatic carbocycles. The molecule has 6 heteroatoms. The number of imidazole rings is 1. The van der Waals surface area contributed by atoms with Gasteiger partial charge in [-0.05, 0) is 18.9 Å². The highest BCUT2D eigenvalue weighted by molar-refractivity contribution is 5.59. The van der Waals surface area contributed by atoms with E-state index in [-0.39, 0.29) is 0 Å². The lowest BCUT2D eigenvalue weighted by molar-refractivity contribution is 0.0387. The first-order valence-corrected chi connectivity index (χ1v) is 6.44. The Kier molecular flexibility index (Phi) is 3.27. The van der Waals surface area contributed by atoms with E-state index in [0.29, 0.717) is 0 Å². The number of aromatic amines is 1. The standard InChI is InChI=1S/C12H18N6/c1-2-7-17(8-3-1)18-9-4-11(15-10-18)16-12-13-5-6-14-12/h4-6,10H,1-3,7-9H2,(H2,13,14,16). The van der Waals surface area contributed by atoms with Gasteiger partial charge in [-0.15, -0.1) is 0 Å². The molecule has 0 unspecified atom stereocenters. The molecular formula is C12H18N6. The molecule has 3 rings (SSSR count). The van der Waals surface area contributed by atoms with Crippen LogP contribution in [0.1, 0.15) is 19.3 Å². The minimum absolute atomic E-state index is 0.727. The van der Waals surface area contributed by atoms with E-state index in [1.54, 1.807) is 12.4 Å². The predicted molar refractivity (Wildman–Crippen MR) is 70.9 cm³/mol. The Morgan fingerprint density at radius 2 is 2.11 bits per heavy atom. The third-order valence-corrected chi connectivity index (χ3v) is 3.24. The number of aliphatic imine (C=N–C) groups is 1. The fourth-order valence-corrected chi connectivity index (χ4v) is 2.27. The van der Waals surface area contributed by atoms with Gasteiger partial charge in [0, 0.05) is 25.5 Å². The van der Waals surface area contributed by atoms with E-state index in [1.165, 1.54) is 19.3 Å². The molecule has 2 aliphatic heterocycles. The average molecular weight is 246 g/mol. The smallest absolute Gasteiger partial charge is 0.205 e. The monoisotopic (exact) mass is 246 g/mol. The van der Waals surface area contributed by atoms with Crippen molar-refractivity contribution in [2.24, 2.45) is 4.99 Å². The molecule has 0 amide bonds. The normalized spacial score (nSPS) is 20.9. The van der Waals surface area contributed by atoms with Gasteiger partial charge in [-0.3, -0.25) is 5.01 Å². The van der Waals surface area contributed by atoms with Crippen LogP contribution in [0.4, 0.5) is 5.95 Å². The second kappa shape index (κ2) is 5.22. The van der Waals surface area contributed by atoms with Crippen LogP contribution in [-0.4, -0.2) is 46.0 Å². The van der Waals surface area contributed by atoms with Crippen LogP contribution in [0.5, 0.6) is 0 Å². The maximum atomic E-state index is 4.41. The fraction of sp³-hybridized carbons (Fsp3) is 0.500. The summed E-state index contributed by atoms with van der Waals surface area (Å²) < 4.78 is 0. The van der Waals surface area contributed by atoms with Crippen molar-refractivity contribution in [2.45, 2.75) is 19.3 Å². The number of rotatable bonds is 3. The van der Waals surface area contributed by atoms with Gasteiger partial charge in [-0.25, -0.2) is 15.0 Å². The highest BCUT2D eigenvalue weighted by Gasteiger charge is 2.17. The molecule has 0 spiro atoms. The minimum Gasteiger partial charge on any atom is -0.331 e. The van der Waals surface area contributed by atoms with Gasteiger partial charge in [0.15, 0.2) is 0 Å². The topological polar surface area (TPSA) is 59.6 Å². The van der Waals surface area contributed by atoms with Crippen molar-refractivity contribution in [1.82, 2.24) is 20.0 Å². The van der Waals surface area contributed by atoms with Crippen molar-refractivity contribution in [2.75, 3.05) is 25.0 Å². The molecule has 3 heterocycles. The van der Waals surface area contributed by atoms with Gasteiger partial charge in [-0.1, -0.05) is 6.42 Å². The number of anilines is 1. The summed E-state index contributed by atoms with van der Waals surface area (Å²) in [7, 11) is 0. The van der Waals surface area contributed by atoms with E-state index in [0.717, 1.165) is 31.4 Å². The zero-order valence-corrected chi connectivity index (χ0v) is 10.3. The summed E-state index contributed by atoms with van der Waals surface area (Å²) in [4.78, 5) is 11.5. The Balaban J connectivity index is 1.56. The second-order valence-electron chi connectivity index (χ2n) is 4.53. The number of aromatic nitrogens is 2. The third kappa shape index (κ3) is 2.53. The van der Waals surface area contributed by atoms with E-state index in [1.807, 2.05) is 6.34 Å². The van der Waals surface area contributed by atoms with Crippen LogP contribution in [0.15, 0.2) is 29.3 Å². The highest BCUT2D eigenvalue weighted by Crippen LogP contribution is 2.14. The van der Waals surface area contributed by atoms with E-state index in [2.05, 4.69) is 36.4 Å². The van der Waals surface area contributed by atoms with Crippen LogP contribution in [0.2, 0.25) is 0 Å². The first-order chi connectivity index (χ1) is 8.92. The summed E-state index contributed by atoms with van der Waals surface area (Å²) in [5, 5.41) is 7.69. The van der Waals surface area contributed by atoms with Crippen molar-refractivity contribution < 1.29 is 0 Å². The highest BCUT2D eigenvalue weighted by atomic mass is 15.6. The number of H-pyrrole nitrogens is 1. The van der Waals surface area contributed by atoms with Crippen LogP contribution < -0.4 is 5.32 Å². The van der Waals surface area contributed by atoms with Gasteiger partial charge >= 0.3 is 0 Å². The van der Waals surface area contributed by atoms with Crippen molar-refractivity contribution in [3.05, 3.63) is 24.3 Å². The van der Waals surface area contributed by atoms with E-state index < -0.39 is 0 Å². The summed E-state index contributed by atoms with van der Waals surface area (Å²) >= 11 is 0. The third-order valence-electron chi connectivity index (χ3n) is 3.24. The summed E-state index contributed by atoms with van der Waals surface area (Å²) in [6.45, 7) is 3.15. The molecule has 2 aliphatic rings. The summed E-state index contributed by atoms with van der Waals surface area (Å²) in [6, 6.07) is 0. The fourth-order valence-electron chi connectivity index (χ4n) is 2.27. The van der Waals surface area contributed by atoms with Crippen molar-refractivity contribution >= 4 is 12.3 Å². The molecule has 1 fully saturated rings. The Morgan fingerprint density at radius 3 is 2.78 bits per heavy atom. The molecule has 6 nitrogen and oxygen atoms in total. The number of hydrogen-bond donors (Lipinski definition) is 2. The van der Waals surface area contributed by atoms with Crippen LogP contribution in [0.25, 0.3) is 0 Å². The molecule has 0 radical (unpaired) electrons. The molecule has 96 valence electrons. The van der Waals surface area contributed by atoms with Gasteiger partial charge in [0.1, 0.15) is 12.2 Å². The zero-order valence-electron chi connectivity index (χ0n) is 10.3. The molecule has 18 heavy (non-hydrogen) atoms. The number of nitrogens with zero attached hydrogens (tertiary/aromatic N) is 4. The lowest BCUT2D eigenvalue weighted by atomic mass is 10.2. The maximum Gasteiger partial charge on any atom is 0.205 e. The van der Waals surface area contributed by atoms with Crippen molar-refractivity contribution in [3.8, 4) is 0 Å². The first-order valence-electron chi connectivity index (χ1n) is 6.44. The largest absolute Gasteiger partial charge is 0.331 e. The predicted octanol–water partition coefficient (Wildman–Crippen LogP) is 1.41. The number of piperidine rings is 1. The molecule has 2 N–H and O–H groups in total. The van der Waals surface area contributed by atoms with Gasteiger partial charge in [0.05, 0.1) is 6.54 Å². The maximum absolute atomic E-state index is 4.41. The molecule has 0 atom stereocenters. The Hall–Kier alpha value is -1.82. The molecule has 1 saturated heterocycles. The quantitative estimate of drug-likeness (QED) is 0.846. The second-order valence-corrected chi connectivity index (χ2v) is 4.53. The molecular weight excluding hydrogens is 228 g/mol. The average Bonchev–Trinajstić information content (AvgIpc) is 2.94. The number of hydrazine groups is 1. The Labute approximate surface area is 106 Å². The summed E-state index contributed by atoms with van der Waals surface area (Å²) in [5.74, 6) is 1.57. The SMILES string of the molecule is C1=NC(Nc2ncc[nH]2)=CCN1N1CCCCC1. The first kappa shape index (κ1) is 11.3. The zero-order chi connectivity index (χ0) is 12.2. The lowest BCUT2D eigenvalue weighted by Crippen LogP contribution is -2.45. The minimum atomic E-state index is 0.727. The summed E-state index contributed by atoms with van der Waals surface area (Å²) in [5.41, 5.74) is 0. The van der Waals surface area contributed by atoms with Crippen LogP contribution in [0.3, 0.4) is 0 Å². The molecule has 1 aromatic rings. The van der Waals surface area contributed by atoms with E-state index in [4.69, 9.17) is 0 Å². The molecule has 0 saturated carbocycles. The van der Waals surface area contributed by atoms with Gasteiger partial charge in [0.2, 0.25) is 5.95 Å². The Morgan fingerprint density at radius 1 is 1.22 bits per heavy atom. The van der Waals surface area contributed by atoms with Gasteiger partial charge in [-0.2, -0.15) is 0 Å². The van der Waals surface area contributed by atoms with Crippen LogP contribution in [-0.2, 0) is 0 Å². The van der Waals surface area contributed by atoms with E-state index in [9.17, 15) is 0 Å². The Bertz CT molecular complexity index is 429. The van der Waals surface area contributed by atoms with Crippen LogP contribution >= 0.6 is 0 Å². The molecule has 0 bridgehead atoms. The lowest BCUT2D eigenvalue weighted by Gasteiger charge is -2.36. The van der Waals surface area contributed by atoms with Crippen LogP contribution in [0, 0.1) is 0 Å². The number of hydrogen-bond acceptors (Lipinski definition) is 5. The van der Waals surface area contributed by atoms with Crippen molar-refractivity contribution in [1.29, 1.82) is 0 Å². The van der Waals surface area contributed by atoms with Gasteiger partial charge < -0.3 is 10.3 Å². The summed E-state index contributed by atoms with van der Waals surface area (Å²) in [6.07, 6.45) is 11.4. The number of nitrogens with one attached hydrogen (secondary N) is 2.